The fourth-order valence-corrected chi connectivity index (χ4v) is 4.19. The average Bonchev–Trinajstić information content (AvgIpc) is 3.16. The van der Waals surface area contributed by atoms with Crippen molar-refractivity contribution >= 4 is 11.8 Å². The first kappa shape index (κ1) is 20.4. The third-order valence-electron chi connectivity index (χ3n) is 5.81. The van der Waals surface area contributed by atoms with Crippen LogP contribution in [0.4, 0.5) is 4.39 Å². The lowest BCUT2D eigenvalue weighted by molar-refractivity contribution is -0.133. The minimum Gasteiger partial charge on any atom is -0.343 e. The number of hydrogen-bond donors (Lipinski definition) is 0. The molecule has 0 unspecified atom stereocenters. The van der Waals surface area contributed by atoms with Gasteiger partial charge in [0, 0.05) is 38.5 Å². The molecule has 1 fully saturated rings. The maximum atomic E-state index is 13.1. The van der Waals surface area contributed by atoms with Crippen molar-refractivity contribution in [2.75, 3.05) is 19.6 Å². The largest absolute Gasteiger partial charge is 0.343 e. The van der Waals surface area contributed by atoms with Crippen LogP contribution < -0.4 is 0 Å². The molecule has 2 amide bonds. The Morgan fingerprint density at radius 2 is 1.87 bits per heavy atom. The SMILES string of the molecule is CC(C)CC(=O)N1CCC(c2nnc3n2CCN(C(=O)c2ccc(F)cn2)C3)CC1. The van der Waals surface area contributed by atoms with Crippen molar-refractivity contribution in [3.8, 4) is 0 Å². The van der Waals surface area contributed by atoms with Gasteiger partial charge in [-0.25, -0.2) is 9.37 Å². The number of hydrogen-bond acceptors (Lipinski definition) is 5. The Morgan fingerprint density at radius 1 is 1.10 bits per heavy atom. The molecule has 4 heterocycles. The number of pyridine rings is 1. The van der Waals surface area contributed by atoms with E-state index in [-0.39, 0.29) is 23.4 Å². The molecule has 0 saturated carbocycles. The number of amides is 2. The third-order valence-corrected chi connectivity index (χ3v) is 5.81. The summed E-state index contributed by atoms with van der Waals surface area (Å²) in [4.78, 5) is 32.5. The number of nitrogens with zero attached hydrogens (tertiary/aromatic N) is 6. The number of rotatable bonds is 4. The highest BCUT2D eigenvalue weighted by atomic mass is 19.1. The van der Waals surface area contributed by atoms with Gasteiger partial charge in [0.1, 0.15) is 17.3 Å². The number of halogens is 1. The van der Waals surface area contributed by atoms with Gasteiger partial charge in [-0.2, -0.15) is 0 Å². The molecule has 160 valence electrons. The summed E-state index contributed by atoms with van der Waals surface area (Å²) < 4.78 is 15.2. The van der Waals surface area contributed by atoms with Crippen molar-refractivity contribution < 1.29 is 14.0 Å². The van der Waals surface area contributed by atoms with Crippen molar-refractivity contribution in [1.29, 1.82) is 0 Å². The molecule has 0 bridgehead atoms. The van der Waals surface area contributed by atoms with Crippen LogP contribution in [-0.4, -0.2) is 61.0 Å². The van der Waals surface area contributed by atoms with Crippen LogP contribution in [0.5, 0.6) is 0 Å². The van der Waals surface area contributed by atoms with E-state index in [9.17, 15) is 14.0 Å². The summed E-state index contributed by atoms with van der Waals surface area (Å²) in [6.07, 6.45) is 3.40. The summed E-state index contributed by atoms with van der Waals surface area (Å²) in [6, 6.07) is 2.64. The lowest BCUT2D eigenvalue weighted by Crippen LogP contribution is -2.41. The van der Waals surface area contributed by atoms with Gasteiger partial charge in [0.15, 0.2) is 5.82 Å². The van der Waals surface area contributed by atoms with Crippen molar-refractivity contribution in [3.63, 3.8) is 0 Å². The van der Waals surface area contributed by atoms with Crippen molar-refractivity contribution in [3.05, 3.63) is 41.5 Å². The highest BCUT2D eigenvalue weighted by molar-refractivity contribution is 5.92. The van der Waals surface area contributed by atoms with E-state index in [1.165, 1.54) is 12.1 Å². The minimum atomic E-state index is -0.466. The minimum absolute atomic E-state index is 0.225. The number of carbonyl (C=O) groups excluding carboxylic acids is 2. The first-order valence-electron chi connectivity index (χ1n) is 10.5. The number of aromatic nitrogens is 4. The molecular formula is C21H27FN6O2. The highest BCUT2D eigenvalue weighted by Gasteiger charge is 2.31. The van der Waals surface area contributed by atoms with Crippen molar-refractivity contribution in [2.24, 2.45) is 5.92 Å². The molecule has 2 aromatic heterocycles. The Hall–Kier alpha value is -2.84. The van der Waals surface area contributed by atoms with E-state index >= 15 is 0 Å². The molecule has 2 aliphatic rings. The Balaban J connectivity index is 1.39. The molecule has 1 saturated heterocycles. The van der Waals surface area contributed by atoms with Crippen LogP contribution >= 0.6 is 0 Å². The molecule has 0 spiro atoms. The fraction of sp³-hybridized carbons (Fsp3) is 0.571. The van der Waals surface area contributed by atoms with Crippen LogP contribution in [0.3, 0.4) is 0 Å². The zero-order valence-electron chi connectivity index (χ0n) is 17.4. The summed E-state index contributed by atoms with van der Waals surface area (Å²) >= 11 is 0. The van der Waals surface area contributed by atoms with Gasteiger partial charge in [0.2, 0.25) is 5.91 Å². The van der Waals surface area contributed by atoms with E-state index in [1.54, 1.807) is 4.90 Å². The van der Waals surface area contributed by atoms with E-state index < -0.39 is 5.82 Å². The summed E-state index contributed by atoms with van der Waals surface area (Å²) in [6.45, 7) is 7.13. The van der Waals surface area contributed by atoms with Crippen LogP contribution in [0, 0.1) is 11.7 Å². The number of carbonyl (C=O) groups is 2. The Labute approximate surface area is 175 Å². The zero-order chi connectivity index (χ0) is 21.3. The van der Waals surface area contributed by atoms with Gasteiger partial charge in [-0.15, -0.1) is 10.2 Å². The van der Waals surface area contributed by atoms with Crippen LogP contribution in [0.15, 0.2) is 18.3 Å². The molecular weight excluding hydrogens is 387 g/mol. The predicted molar refractivity (Wildman–Crippen MR) is 107 cm³/mol. The Morgan fingerprint density at radius 3 is 2.53 bits per heavy atom. The summed E-state index contributed by atoms with van der Waals surface area (Å²) in [5, 5.41) is 8.75. The standard InChI is InChI=1S/C21H27FN6O2/c1-14(2)11-19(29)26-7-5-15(6-8-26)20-25-24-18-13-27(9-10-28(18)20)21(30)17-4-3-16(22)12-23-17/h3-4,12,14-15H,5-11,13H2,1-2H3. The molecule has 2 aromatic rings. The maximum Gasteiger partial charge on any atom is 0.272 e. The number of fused-ring (bicyclic) bond motifs is 1. The van der Waals surface area contributed by atoms with Crippen molar-refractivity contribution in [1.82, 2.24) is 29.5 Å². The topological polar surface area (TPSA) is 84.2 Å². The van der Waals surface area contributed by atoms with Gasteiger partial charge in [-0.05, 0) is 30.9 Å². The van der Waals surface area contributed by atoms with Crippen LogP contribution in [0.25, 0.3) is 0 Å². The molecule has 0 aromatic carbocycles. The molecule has 4 rings (SSSR count). The first-order valence-corrected chi connectivity index (χ1v) is 10.5. The normalized spacial score (nSPS) is 17.3. The summed E-state index contributed by atoms with van der Waals surface area (Å²) in [5.74, 6) is 1.88. The average molecular weight is 414 g/mol. The number of likely N-dealkylation sites (tertiary alicyclic amines) is 1. The molecule has 0 atom stereocenters. The molecule has 0 N–H and O–H groups in total. The van der Waals surface area contributed by atoms with E-state index in [0.717, 1.165) is 43.8 Å². The highest BCUT2D eigenvalue weighted by Crippen LogP contribution is 2.29. The Bertz CT molecular complexity index is 918. The molecule has 2 aliphatic heterocycles. The van der Waals surface area contributed by atoms with E-state index in [0.29, 0.717) is 32.0 Å². The molecule has 9 heteroatoms. The smallest absolute Gasteiger partial charge is 0.272 e. The molecule has 0 aliphatic carbocycles. The van der Waals surface area contributed by atoms with Crippen molar-refractivity contribution in [2.45, 2.75) is 52.1 Å². The lowest BCUT2D eigenvalue weighted by Gasteiger charge is -2.33. The quantitative estimate of drug-likeness (QED) is 0.766. The number of piperidine rings is 1. The fourth-order valence-electron chi connectivity index (χ4n) is 4.19. The second-order valence-electron chi connectivity index (χ2n) is 8.47. The zero-order valence-corrected chi connectivity index (χ0v) is 17.4. The molecule has 0 radical (unpaired) electrons. The van der Waals surface area contributed by atoms with Gasteiger partial charge in [-0.1, -0.05) is 13.8 Å². The first-order chi connectivity index (χ1) is 14.4. The molecule has 8 nitrogen and oxygen atoms in total. The Kier molecular flexibility index (Phi) is 5.78. The van der Waals surface area contributed by atoms with Gasteiger partial charge in [0.05, 0.1) is 12.7 Å². The van der Waals surface area contributed by atoms with Crippen LogP contribution in [-0.2, 0) is 17.9 Å². The lowest BCUT2D eigenvalue weighted by atomic mass is 9.95. The van der Waals surface area contributed by atoms with Gasteiger partial charge >= 0.3 is 0 Å². The van der Waals surface area contributed by atoms with E-state index in [4.69, 9.17) is 0 Å². The third kappa shape index (κ3) is 4.20. The second-order valence-corrected chi connectivity index (χ2v) is 8.47. The van der Waals surface area contributed by atoms with Crippen LogP contribution in [0.1, 0.15) is 61.2 Å². The monoisotopic (exact) mass is 414 g/mol. The second kappa shape index (κ2) is 8.49. The summed E-state index contributed by atoms with van der Waals surface area (Å²) in [5.41, 5.74) is 0.225. The predicted octanol–water partition coefficient (Wildman–Crippen LogP) is 2.22. The van der Waals surface area contributed by atoms with Gasteiger partial charge in [0.25, 0.3) is 5.91 Å². The van der Waals surface area contributed by atoms with Gasteiger partial charge < -0.3 is 14.4 Å². The van der Waals surface area contributed by atoms with Crippen LogP contribution in [0.2, 0.25) is 0 Å². The summed E-state index contributed by atoms with van der Waals surface area (Å²) in [7, 11) is 0. The van der Waals surface area contributed by atoms with Gasteiger partial charge in [-0.3, -0.25) is 9.59 Å². The van der Waals surface area contributed by atoms with E-state index in [1.807, 2.05) is 4.90 Å². The van der Waals surface area contributed by atoms with E-state index in [2.05, 4.69) is 33.6 Å². The maximum absolute atomic E-state index is 13.1. The molecule has 30 heavy (non-hydrogen) atoms.